The molecule has 0 unspecified atom stereocenters. The van der Waals surface area contributed by atoms with Crippen molar-refractivity contribution in [1.82, 2.24) is 14.9 Å². The monoisotopic (exact) mass is 466 g/mol. The maximum absolute atomic E-state index is 11.9. The molecule has 0 saturated carbocycles. The van der Waals surface area contributed by atoms with Crippen LogP contribution in [0.2, 0.25) is 15.1 Å². The molecule has 2 N–H and O–H groups in total. The molecule has 0 aliphatic rings. The van der Waals surface area contributed by atoms with Gasteiger partial charge in [0.1, 0.15) is 5.58 Å². The van der Waals surface area contributed by atoms with Gasteiger partial charge in [0.15, 0.2) is 5.82 Å². The van der Waals surface area contributed by atoms with Crippen LogP contribution >= 0.6 is 46.6 Å². The average Bonchev–Trinajstić information content (AvgIpc) is 3.03. The minimum atomic E-state index is -0.435. The van der Waals surface area contributed by atoms with Crippen molar-refractivity contribution in [3.8, 4) is 11.4 Å². The normalized spacial score (nSPS) is 11.3. The van der Waals surface area contributed by atoms with Crippen LogP contribution in [0.15, 0.2) is 50.8 Å². The lowest BCUT2D eigenvalue weighted by Crippen LogP contribution is -2.12. The van der Waals surface area contributed by atoms with Crippen LogP contribution in [0.25, 0.3) is 22.4 Å². The molecule has 0 bridgehead atoms. The van der Waals surface area contributed by atoms with E-state index in [1.807, 2.05) is 6.92 Å². The fraction of sp³-hybridized carbons (Fsp3) is 0.105. The molecule has 148 valence electrons. The van der Waals surface area contributed by atoms with E-state index in [4.69, 9.17) is 45.1 Å². The van der Waals surface area contributed by atoms with Crippen molar-refractivity contribution in [1.29, 1.82) is 0 Å². The molecule has 0 aliphatic heterocycles. The summed E-state index contributed by atoms with van der Waals surface area (Å²) < 4.78 is 6.63. The van der Waals surface area contributed by atoms with Crippen molar-refractivity contribution in [2.75, 3.05) is 5.84 Å². The number of aromatic nitrogens is 3. The molecule has 10 heteroatoms. The van der Waals surface area contributed by atoms with Gasteiger partial charge in [0.2, 0.25) is 5.16 Å². The van der Waals surface area contributed by atoms with Crippen molar-refractivity contribution in [2.45, 2.75) is 17.8 Å². The molecule has 0 amide bonds. The van der Waals surface area contributed by atoms with E-state index < -0.39 is 5.63 Å². The Bertz CT molecular complexity index is 1300. The Hall–Kier alpha value is -2.19. The molecule has 4 aromatic rings. The van der Waals surface area contributed by atoms with Gasteiger partial charge in [-0.25, -0.2) is 9.47 Å². The van der Waals surface area contributed by atoms with Crippen molar-refractivity contribution < 1.29 is 4.42 Å². The highest BCUT2D eigenvalue weighted by Crippen LogP contribution is 2.32. The highest BCUT2D eigenvalue weighted by atomic mass is 35.5. The van der Waals surface area contributed by atoms with E-state index in [1.165, 1.54) is 22.5 Å². The van der Waals surface area contributed by atoms with Gasteiger partial charge in [-0.15, -0.1) is 10.2 Å². The smallest absolute Gasteiger partial charge is 0.336 e. The fourth-order valence-electron chi connectivity index (χ4n) is 2.84. The second kappa shape index (κ2) is 7.91. The summed E-state index contributed by atoms with van der Waals surface area (Å²) in [6.07, 6.45) is 0. The Balaban J connectivity index is 1.67. The molecule has 6 nitrogen and oxygen atoms in total. The number of hydrogen-bond donors (Lipinski definition) is 1. The highest BCUT2D eigenvalue weighted by molar-refractivity contribution is 7.98. The number of halogens is 3. The molecule has 2 aromatic heterocycles. The predicted octanol–water partition coefficient (Wildman–Crippen LogP) is 5.33. The first-order valence-electron chi connectivity index (χ1n) is 8.35. The zero-order chi connectivity index (χ0) is 20.7. The lowest BCUT2D eigenvalue weighted by atomic mass is 10.1. The summed E-state index contributed by atoms with van der Waals surface area (Å²) in [7, 11) is 0. The zero-order valence-corrected chi connectivity index (χ0v) is 18.0. The molecular formula is C19H13Cl3N4O2S. The molecule has 4 rings (SSSR count). The van der Waals surface area contributed by atoms with Gasteiger partial charge in [0, 0.05) is 32.8 Å². The first kappa shape index (κ1) is 20.1. The fourth-order valence-corrected chi connectivity index (χ4v) is 4.22. The molecule has 0 radical (unpaired) electrons. The number of aryl methyl sites for hydroxylation is 1. The van der Waals surface area contributed by atoms with Gasteiger partial charge >= 0.3 is 5.63 Å². The number of nitrogens with two attached hydrogens (primary N) is 1. The van der Waals surface area contributed by atoms with Crippen LogP contribution in [0, 0.1) is 6.92 Å². The third-order valence-electron chi connectivity index (χ3n) is 4.30. The van der Waals surface area contributed by atoms with E-state index in [0.29, 0.717) is 42.9 Å². The molecule has 29 heavy (non-hydrogen) atoms. The van der Waals surface area contributed by atoms with Gasteiger partial charge in [0.05, 0.1) is 5.02 Å². The third-order valence-corrected chi connectivity index (χ3v) is 6.26. The second-order valence-electron chi connectivity index (χ2n) is 6.28. The maximum Gasteiger partial charge on any atom is 0.336 e. The molecule has 0 saturated heterocycles. The average molecular weight is 468 g/mol. The summed E-state index contributed by atoms with van der Waals surface area (Å²) in [5.74, 6) is 6.97. The summed E-state index contributed by atoms with van der Waals surface area (Å²) >= 11 is 19.9. The van der Waals surface area contributed by atoms with Crippen LogP contribution < -0.4 is 11.5 Å². The Kier molecular flexibility index (Phi) is 5.48. The Morgan fingerprint density at radius 2 is 1.90 bits per heavy atom. The van der Waals surface area contributed by atoms with Gasteiger partial charge in [-0.1, -0.05) is 46.6 Å². The minimum Gasteiger partial charge on any atom is -0.423 e. The number of nitrogens with zero attached hydrogens (tertiary/aromatic N) is 3. The van der Waals surface area contributed by atoms with E-state index >= 15 is 0 Å². The summed E-state index contributed by atoms with van der Waals surface area (Å²) in [5.41, 5.74) is 2.21. The minimum absolute atomic E-state index is 0.385. The van der Waals surface area contributed by atoms with E-state index in [0.717, 1.165) is 16.5 Å². The molecule has 2 aromatic carbocycles. The quantitative estimate of drug-likeness (QED) is 0.248. The first-order valence-corrected chi connectivity index (χ1v) is 10.5. The Labute approximate surface area is 184 Å². The van der Waals surface area contributed by atoms with Crippen LogP contribution in [0.4, 0.5) is 0 Å². The summed E-state index contributed by atoms with van der Waals surface area (Å²) in [6, 6.07) is 9.99. The SMILES string of the molecule is Cc1cc2oc(=O)cc(CSc3nnc(-c4cc(Cl)ccc4Cl)n3N)c2cc1Cl. The zero-order valence-electron chi connectivity index (χ0n) is 14.9. The van der Waals surface area contributed by atoms with Crippen LogP contribution in [-0.2, 0) is 5.75 Å². The topological polar surface area (TPSA) is 86.9 Å². The van der Waals surface area contributed by atoms with Gasteiger partial charge in [0.25, 0.3) is 0 Å². The molecular weight excluding hydrogens is 455 g/mol. The highest BCUT2D eigenvalue weighted by Gasteiger charge is 2.16. The molecule has 0 fully saturated rings. The van der Waals surface area contributed by atoms with E-state index in [9.17, 15) is 4.79 Å². The molecule has 0 atom stereocenters. The van der Waals surface area contributed by atoms with Gasteiger partial charge in [-0.2, -0.15) is 0 Å². The van der Waals surface area contributed by atoms with Crippen molar-refractivity contribution >= 4 is 57.5 Å². The number of rotatable bonds is 4. The van der Waals surface area contributed by atoms with Crippen LogP contribution in [-0.4, -0.2) is 14.9 Å². The molecule has 0 aliphatic carbocycles. The summed E-state index contributed by atoms with van der Waals surface area (Å²) in [6.45, 7) is 1.85. The Morgan fingerprint density at radius 1 is 1.10 bits per heavy atom. The summed E-state index contributed by atoms with van der Waals surface area (Å²) in [5, 5.41) is 11.0. The molecule has 0 spiro atoms. The van der Waals surface area contributed by atoms with E-state index in [-0.39, 0.29) is 0 Å². The second-order valence-corrected chi connectivity index (χ2v) is 8.47. The lowest BCUT2D eigenvalue weighted by molar-refractivity contribution is 0.559. The van der Waals surface area contributed by atoms with Crippen molar-refractivity contribution in [3.05, 3.63) is 73.0 Å². The number of thioether (sulfide) groups is 1. The standard InChI is InChI=1S/C19H13Cl3N4O2S/c1-9-4-16-12(7-15(9)22)10(5-17(27)28-16)8-29-19-25-24-18(26(19)23)13-6-11(20)2-3-14(13)21/h2-7H,8,23H2,1H3. The number of hydrogen-bond acceptors (Lipinski definition) is 6. The van der Waals surface area contributed by atoms with Crippen LogP contribution in [0.5, 0.6) is 0 Å². The third kappa shape index (κ3) is 3.96. The van der Waals surface area contributed by atoms with E-state index in [2.05, 4.69) is 10.2 Å². The summed E-state index contributed by atoms with van der Waals surface area (Å²) in [4.78, 5) is 11.9. The van der Waals surface area contributed by atoms with Crippen LogP contribution in [0.3, 0.4) is 0 Å². The first-order chi connectivity index (χ1) is 13.8. The van der Waals surface area contributed by atoms with Gasteiger partial charge in [-0.05, 0) is 48.4 Å². The van der Waals surface area contributed by atoms with Crippen molar-refractivity contribution in [3.63, 3.8) is 0 Å². The molecule has 2 heterocycles. The number of fused-ring (bicyclic) bond motifs is 1. The van der Waals surface area contributed by atoms with Gasteiger partial charge < -0.3 is 10.3 Å². The number of benzene rings is 2. The largest absolute Gasteiger partial charge is 0.423 e. The van der Waals surface area contributed by atoms with Crippen molar-refractivity contribution in [2.24, 2.45) is 0 Å². The van der Waals surface area contributed by atoms with Crippen LogP contribution in [0.1, 0.15) is 11.1 Å². The predicted molar refractivity (Wildman–Crippen MR) is 117 cm³/mol. The van der Waals surface area contributed by atoms with E-state index in [1.54, 1.807) is 30.3 Å². The van der Waals surface area contributed by atoms with Gasteiger partial charge in [-0.3, -0.25) is 0 Å². The lowest BCUT2D eigenvalue weighted by Gasteiger charge is -2.08. The maximum atomic E-state index is 11.9. The number of nitrogen functional groups attached to an aromatic ring is 1. The Morgan fingerprint density at radius 3 is 2.69 bits per heavy atom.